The van der Waals surface area contributed by atoms with Crippen LogP contribution in [0.1, 0.15) is 27.8 Å². The summed E-state index contributed by atoms with van der Waals surface area (Å²) in [6.45, 7) is 2.08. The second-order valence-electron chi connectivity index (χ2n) is 7.05. The van der Waals surface area contributed by atoms with Gasteiger partial charge in [0.15, 0.2) is 5.69 Å². The number of carbonyl (C=O) groups excluding carboxylic acids is 2. The minimum atomic E-state index is -0.559. The fourth-order valence-electron chi connectivity index (χ4n) is 3.36. The molecule has 1 amide bonds. The molecule has 2 heterocycles. The van der Waals surface area contributed by atoms with Gasteiger partial charge < -0.3 is 24.7 Å². The van der Waals surface area contributed by atoms with Gasteiger partial charge in [0.2, 0.25) is 0 Å². The summed E-state index contributed by atoms with van der Waals surface area (Å²) in [5.74, 6) is 0.669. The topological polar surface area (TPSA) is 94.5 Å². The smallest absolute Gasteiger partial charge is 0.356 e. The number of rotatable bonds is 8. The maximum atomic E-state index is 12.9. The Labute approximate surface area is 185 Å². The molecule has 9 heteroatoms. The third-order valence-corrected chi connectivity index (χ3v) is 5.66. The molecule has 0 radical (unpaired) electrons. The molecule has 8 nitrogen and oxygen atoms in total. The Morgan fingerprint density at radius 1 is 1.23 bits per heavy atom. The second kappa shape index (κ2) is 9.74. The molecule has 3 rings (SSSR count). The minimum Gasteiger partial charge on any atom is -0.497 e. The van der Waals surface area contributed by atoms with Crippen LogP contribution in [0.25, 0.3) is 11.0 Å². The first-order chi connectivity index (χ1) is 14.9. The van der Waals surface area contributed by atoms with Crippen molar-refractivity contribution in [2.75, 3.05) is 36.9 Å². The van der Waals surface area contributed by atoms with E-state index in [2.05, 4.69) is 22.5 Å². The lowest BCUT2D eigenvalue weighted by molar-refractivity contribution is 0.0591. The van der Waals surface area contributed by atoms with Crippen molar-refractivity contribution in [3.63, 3.8) is 0 Å². The highest BCUT2D eigenvalue weighted by molar-refractivity contribution is 7.98. The molecular weight excluding hydrogens is 416 g/mol. The number of ether oxygens (including phenoxy) is 2. The largest absolute Gasteiger partial charge is 0.497 e. The Hall–Kier alpha value is -3.20. The number of aromatic nitrogens is 2. The Kier molecular flexibility index (Phi) is 7.06. The van der Waals surface area contributed by atoms with E-state index in [1.54, 1.807) is 60.9 Å². The van der Waals surface area contributed by atoms with Crippen LogP contribution in [0.3, 0.4) is 0 Å². The summed E-state index contributed by atoms with van der Waals surface area (Å²) < 4.78 is 11.7. The van der Waals surface area contributed by atoms with E-state index in [-0.39, 0.29) is 17.6 Å². The van der Waals surface area contributed by atoms with Crippen LogP contribution in [0.15, 0.2) is 36.5 Å². The predicted octanol–water partition coefficient (Wildman–Crippen LogP) is 3.78. The summed E-state index contributed by atoms with van der Waals surface area (Å²) in [6.07, 6.45) is 3.77. The van der Waals surface area contributed by atoms with Crippen molar-refractivity contribution in [2.45, 2.75) is 13.0 Å². The zero-order chi connectivity index (χ0) is 22.5. The molecule has 0 bridgehead atoms. The fraction of sp³-hybridized carbons (Fsp3) is 0.318. The fourth-order valence-corrected chi connectivity index (χ4v) is 3.94. The van der Waals surface area contributed by atoms with Crippen molar-refractivity contribution < 1.29 is 19.1 Å². The molecule has 2 N–H and O–H groups in total. The highest BCUT2D eigenvalue weighted by atomic mass is 32.2. The van der Waals surface area contributed by atoms with E-state index >= 15 is 0 Å². The maximum absolute atomic E-state index is 12.9. The zero-order valence-corrected chi connectivity index (χ0v) is 19.0. The Bertz CT molecular complexity index is 1100. The quantitative estimate of drug-likeness (QED) is 0.513. The van der Waals surface area contributed by atoms with Gasteiger partial charge in [-0.3, -0.25) is 4.79 Å². The minimum absolute atomic E-state index is 0.223. The highest BCUT2D eigenvalue weighted by Gasteiger charge is 2.25. The number of thioether (sulfide) groups is 1. The summed E-state index contributed by atoms with van der Waals surface area (Å²) in [4.78, 5) is 30.0. The number of aryl methyl sites for hydroxylation is 1. The molecule has 1 aromatic carbocycles. The van der Waals surface area contributed by atoms with E-state index in [0.29, 0.717) is 28.0 Å². The molecule has 1 atom stereocenters. The van der Waals surface area contributed by atoms with Crippen molar-refractivity contribution in [3.05, 3.63) is 47.8 Å². The van der Waals surface area contributed by atoms with Crippen molar-refractivity contribution in [2.24, 2.45) is 7.05 Å². The molecule has 0 saturated heterocycles. The number of nitrogens with zero attached hydrogens (tertiary/aromatic N) is 2. The molecule has 3 aromatic rings. The van der Waals surface area contributed by atoms with Crippen molar-refractivity contribution in [3.8, 4) is 5.75 Å². The second-order valence-corrected chi connectivity index (χ2v) is 7.96. The van der Waals surface area contributed by atoms with Gasteiger partial charge in [0, 0.05) is 29.8 Å². The molecule has 31 heavy (non-hydrogen) atoms. The molecule has 0 aliphatic carbocycles. The first-order valence-electron chi connectivity index (χ1n) is 9.67. The number of hydrogen-bond donors (Lipinski definition) is 2. The van der Waals surface area contributed by atoms with E-state index in [1.807, 2.05) is 12.3 Å². The summed E-state index contributed by atoms with van der Waals surface area (Å²) in [5.41, 5.74) is 2.38. The van der Waals surface area contributed by atoms with Gasteiger partial charge in [0.25, 0.3) is 5.91 Å². The predicted molar refractivity (Wildman–Crippen MR) is 124 cm³/mol. The third-order valence-electron chi connectivity index (χ3n) is 4.83. The van der Waals surface area contributed by atoms with Crippen LogP contribution >= 0.6 is 11.8 Å². The Balaban J connectivity index is 2.04. The number of esters is 1. The lowest BCUT2D eigenvalue weighted by Crippen LogP contribution is -2.17. The van der Waals surface area contributed by atoms with E-state index in [4.69, 9.17) is 9.47 Å². The van der Waals surface area contributed by atoms with Gasteiger partial charge >= 0.3 is 5.97 Å². The average molecular weight is 443 g/mol. The van der Waals surface area contributed by atoms with Gasteiger partial charge in [0.05, 0.1) is 31.8 Å². The Morgan fingerprint density at radius 3 is 2.55 bits per heavy atom. The molecule has 0 aliphatic rings. The molecular formula is C22H26N4O4S. The number of amides is 1. The monoisotopic (exact) mass is 442 g/mol. The van der Waals surface area contributed by atoms with Crippen molar-refractivity contribution >= 4 is 46.0 Å². The number of carbonyl (C=O) groups is 2. The lowest BCUT2D eigenvalue weighted by atomic mass is 10.2. The SMILES string of the molecule is COC(=O)c1c(NC(=O)c2ccc(OC)cc2)c2cc(N[C@@H](C)CSC)cnc2n1C. The van der Waals surface area contributed by atoms with Crippen LogP contribution in [-0.2, 0) is 11.8 Å². The van der Waals surface area contributed by atoms with Crippen LogP contribution in [0.5, 0.6) is 5.75 Å². The van der Waals surface area contributed by atoms with Crippen molar-refractivity contribution in [1.82, 2.24) is 9.55 Å². The summed E-state index contributed by atoms with van der Waals surface area (Å²) in [5, 5.41) is 6.92. The lowest BCUT2D eigenvalue weighted by Gasteiger charge is -2.14. The molecule has 0 spiro atoms. The zero-order valence-electron chi connectivity index (χ0n) is 18.2. The van der Waals surface area contributed by atoms with Gasteiger partial charge in [-0.25, -0.2) is 9.78 Å². The van der Waals surface area contributed by atoms with E-state index in [9.17, 15) is 9.59 Å². The molecule has 0 unspecified atom stereocenters. The third kappa shape index (κ3) is 4.77. The summed E-state index contributed by atoms with van der Waals surface area (Å²) >= 11 is 1.74. The maximum Gasteiger partial charge on any atom is 0.356 e. The average Bonchev–Trinajstić information content (AvgIpc) is 3.04. The van der Waals surface area contributed by atoms with Crippen molar-refractivity contribution in [1.29, 1.82) is 0 Å². The number of benzene rings is 1. The number of anilines is 2. The van der Waals surface area contributed by atoms with Crippen LogP contribution in [0, 0.1) is 0 Å². The summed E-state index contributed by atoms with van der Waals surface area (Å²) in [6, 6.07) is 8.84. The van der Waals surface area contributed by atoms with Gasteiger partial charge in [0.1, 0.15) is 11.4 Å². The first-order valence-corrected chi connectivity index (χ1v) is 11.1. The molecule has 0 saturated carbocycles. The van der Waals surface area contributed by atoms with Crippen LogP contribution in [0.4, 0.5) is 11.4 Å². The highest BCUT2D eigenvalue weighted by Crippen LogP contribution is 2.32. The molecule has 164 valence electrons. The number of nitrogens with one attached hydrogen (secondary N) is 2. The molecule has 2 aromatic heterocycles. The molecule has 0 fully saturated rings. The van der Waals surface area contributed by atoms with E-state index in [1.165, 1.54) is 7.11 Å². The standard InChI is InChI=1S/C22H26N4O4S/c1-13(12-31-5)24-15-10-17-18(19(22(28)30-4)26(2)20(17)23-11-15)25-21(27)14-6-8-16(29-3)9-7-14/h6-11,13,24H,12H2,1-5H3,(H,25,27)/t13-/m0/s1. The van der Waals surface area contributed by atoms with E-state index in [0.717, 1.165) is 11.4 Å². The normalized spacial score (nSPS) is 11.8. The Morgan fingerprint density at radius 2 is 1.94 bits per heavy atom. The number of methoxy groups -OCH3 is 2. The van der Waals surface area contributed by atoms with Gasteiger partial charge in [-0.15, -0.1) is 0 Å². The number of fused-ring (bicyclic) bond motifs is 1. The van der Waals surface area contributed by atoms with Gasteiger partial charge in [-0.05, 0) is 43.5 Å². The van der Waals surface area contributed by atoms with Crippen LogP contribution < -0.4 is 15.4 Å². The van der Waals surface area contributed by atoms with E-state index < -0.39 is 5.97 Å². The van der Waals surface area contributed by atoms with Crippen LogP contribution in [0.2, 0.25) is 0 Å². The number of hydrogen-bond acceptors (Lipinski definition) is 7. The van der Waals surface area contributed by atoms with Gasteiger partial charge in [-0.1, -0.05) is 0 Å². The van der Waals surface area contributed by atoms with Gasteiger partial charge in [-0.2, -0.15) is 11.8 Å². The first kappa shape index (κ1) is 22.5. The van der Waals surface area contributed by atoms with Crippen LogP contribution in [-0.4, -0.2) is 53.7 Å². The molecule has 0 aliphatic heterocycles. The summed E-state index contributed by atoms with van der Waals surface area (Å²) in [7, 11) is 4.58. The number of pyridine rings is 1.